The smallest absolute Gasteiger partial charge is 0.229 e. The van der Waals surface area contributed by atoms with Gasteiger partial charge in [-0.25, -0.2) is 0 Å². The van der Waals surface area contributed by atoms with Gasteiger partial charge in [-0.3, -0.25) is 4.79 Å². The number of amides is 1. The molecule has 0 aromatic heterocycles. The Morgan fingerprint density at radius 3 is 1.83 bits per heavy atom. The van der Waals surface area contributed by atoms with Crippen molar-refractivity contribution < 1.29 is 4.79 Å². The summed E-state index contributed by atoms with van der Waals surface area (Å²) in [6, 6.07) is 0. The summed E-state index contributed by atoms with van der Waals surface area (Å²) in [5.41, 5.74) is 0.580. The SMILES string of the molecule is CCP(CC)C(CC(C)(CC)CC)C(=O)N(C)C. The molecular weight excluding hydrogens is 241 g/mol. The van der Waals surface area contributed by atoms with E-state index >= 15 is 0 Å². The van der Waals surface area contributed by atoms with Gasteiger partial charge < -0.3 is 4.90 Å². The maximum Gasteiger partial charge on any atom is 0.229 e. The van der Waals surface area contributed by atoms with Crippen LogP contribution in [0, 0.1) is 5.41 Å². The Hall–Kier alpha value is -0.100. The third kappa shape index (κ3) is 4.88. The van der Waals surface area contributed by atoms with Crippen LogP contribution in [0.25, 0.3) is 0 Å². The fraction of sp³-hybridized carbons (Fsp3) is 0.933. The van der Waals surface area contributed by atoms with E-state index < -0.39 is 0 Å². The molecule has 3 heteroatoms. The van der Waals surface area contributed by atoms with Gasteiger partial charge in [0.05, 0.1) is 5.66 Å². The summed E-state index contributed by atoms with van der Waals surface area (Å²) >= 11 is 0. The third-order valence-electron chi connectivity index (χ3n) is 4.37. The van der Waals surface area contributed by atoms with Crippen molar-refractivity contribution in [1.29, 1.82) is 0 Å². The molecule has 0 fully saturated rings. The Kier molecular flexibility index (Phi) is 8.10. The molecule has 0 aliphatic heterocycles. The van der Waals surface area contributed by atoms with Crippen LogP contribution >= 0.6 is 7.92 Å². The molecule has 1 atom stereocenters. The summed E-state index contributed by atoms with van der Waals surface area (Å²) in [4.78, 5) is 14.2. The van der Waals surface area contributed by atoms with Gasteiger partial charge in [0.2, 0.25) is 5.91 Å². The van der Waals surface area contributed by atoms with E-state index in [1.165, 1.54) is 12.3 Å². The molecule has 0 saturated heterocycles. The number of hydrogen-bond acceptors (Lipinski definition) is 1. The summed E-state index contributed by atoms with van der Waals surface area (Å²) in [7, 11) is 3.63. The molecule has 0 saturated carbocycles. The second-order valence-electron chi connectivity index (χ2n) is 5.69. The van der Waals surface area contributed by atoms with Gasteiger partial charge in [-0.1, -0.05) is 55.4 Å². The average molecular weight is 273 g/mol. The Labute approximate surface area is 115 Å². The van der Waals surface area contributed by atoms with Gasteiger partial charge in [-0.2, -0.15) is 0 Å². The minimum absolute atomic E-state index is 0.158. The molecule has 0 aromatic rings. The van der Waals surface area contributed by atoms with Gasteiger partial charge in [0.25, 0.3) is 0 Å². The molecule has 0 heterocycles. The lowest BCUT2D eigenvalue weighted by molar-refractivity contribution is -0.128. The van der Waals surface area contributed by atoms with E-state index in [0.29, 0.717) is 11.3 Å². The minimum atomic E-state index is -0.158. The van der Waals surface area contributed by atoms with Crippen molar-refractivity contribution in [2.75, 3.05) is 26.4 Å². The maximum atomic E-state index is 12.5. The fourth-order valence-corrected chi connectivity index (χ4v) is 4.91. The second kappa shape index (κ2) is 8.15. The van der Waals surface area contributed by atoms with Crippen molar-refractivity contribution in [1.82, 2.24) is 4.90 Å². The second-order valence-corrected chi connectivity index (χ2v) is 8.76. The van der Waals surface area contributed by atoms with Crippen LogP contribution in [0.3, 0.4) is 0 Å². The lowest BCUT2D eigenvalue weighted by Gasteiger charge is -2.35. The summed E-state index contributed by atoms with van der Waals surface area (Å²) in [6.07, 6.45) is 5.72. The van der Waals surface area contributed by atoms with Gasteiger partial charge in [0.1, 0.15) is 0 Å². The van der Waals surface area contributed by atoms with Crippen molar-refractivity contribution in [3.8, 4) is 0 Å². The lowest BCUT2D eigenvalue weighted by atomic mass is 9.80. The third-order valence-corrected chi connectivity index (χ3v) is 7.28. The molecule has 1 amide bonds. The van der Waals surface area contributed by atoms with Crippen molar-refractivity contribution >= 4 is 13.8 Å². The van der Waals surface area contributed by atoms with E-state index in [1.807, 2.05) is 14.1 Å². The van der Waals surface area contributed by atoms with E-state index in [-0.39, 0.29) is 13.6 Å². The molecule has 2 nitrogen and oxygen atoms in total. The van der Waals surface area contributed by atoms with Gasteiger partial charge in [-0.05, 0) is 24.2 Å². The summed E-state index contributed by atoms with van der Waals surface area (Å²) in [5, 5.41) is 0. The number of carbonyl (C=O) groups is 1. The molecule has 1 unspecified atom stereocenters. The highest BCUT2D eigenvalue weighted by molar-refractivity contribution is 7.59. The Morgan fingerprint density at radius 2 is 1.56 bits per heavy atom. The molecule has 0 aliphatic rings. The summed E-state index contributed by atoms with van der Waals surface area (Å²) in [5.74, 6) is 0.345. The standard InChI is InChI=1S/C15H32NOP/c1-8-15(5,9-2)12-13(14(17)16(6)7)18(10-3)11-4/h13H,8-12H2,1-7H3. The fourth-order valence-electron chi connectivity index (χ4n) is 2.34. The molecule has 0 aromatic carbocycles. The topological polar surface area (TPSA) is 20.3 Å². The number of nitrogens with zero attached hydrogens (tertiary/aromatic N) is 1. The molecular formula is C15H32NOP. The molecule has 0 aliphatic carbocycles. The number of rotatable bonds is 8. The van der Waals surface area contributed by atoms with Crippen molar-refractivity contribution in [2.45, 2.75) is 59.5 Å². The Morgan fingerprint density at radius 1 is 1.11 bits per heavy atom. The van der Waals surface area contributed by atoms with Crippen LogP contribution in [-0.2, 0) is 4.79 Å². The van der Waals surface area contributed by atoms with Crippen LogP contribution in [0.2, 0.25) is 0 Å². The zero-order chi connectivity index (χ0) is 14.3. The van der Waals surface area contributed by atoms with Crippen LogP contribution in [0.1, 0.15) is 53.9 Å². The van der Waals surface area contributed by atoms with E-state index in [4.69, 9.17) is 0 Å². The average Bonchev–Trinajstić information content (AvgIpc) is 2.37. The van der Waals surface area contributed by atoms with Crippen LogP contribution < -0.4 is 0 Å². The monoisotopic (exact) mass is 273 g/mol. The maximum absolute atomic E-state index is 12.5. The van der Waals surface area contributed by atoms with Gasteiger partial charge in [0, 0.05) is 14.1 Å². The molecule has 0 radical (unpaired) electrons. The lowest BCUT2D eigenvalue weighted by Crippen LogP contribution is -2.36. The molecule has 0 bridgehead atoms. The molecule has 18 heavy (non-hydrogen) atoms. The minimum Gasteiger partial charge on any atom is -0.348 e. The largest absolute Gasteiger partial charge is 0.348 e. The quantitative estimate of drug-likeness (QED) is 0.607. The van der Waals surface area contributed by atoms with Gasteiger partial charge in [-0.15, -0.1) is 0 Å². The predicted molar refractivity (Wildman–Crippen MR) is 83.8 cm³/mol. The molecule has 108 valence electrons. The zero-order valence-corrected chi connectivity index (χ0v) is 14.3. The van der Waals surface area contributed by atoms with Crippen molar-refractivity contribution in [3.63, 3.8) is 0 Å². The van der Waals surface area contributed by atoms with Gasteiger partial charge in [0.15, 0.2) is 0 Å². The summed E-state index contributed by atoms with van der Waals surface area (Å²) in [6.45, 7) is 11.3. The highest BCUT2D eigenvalue weighted by Crippen LogP contribution is 2.47. The van der Waals surface area contributed by atoms with Crippen LogP contribution in [0.4, 0.5) is 0 Å². The summed E-state index contributed by atoms with van der Waals surface area (Å²) < 4.78 is 0. The van der Waals surface area contributed by atoms with Gasteiger partial charge >= 0.3 is 0 Å². The van der Waals surface area contributed by atoms with E-state index in [2.05, 4.69) is 34.6 Å². The normalized spacial score (nSPS) is 13.8. The molecule has 0 spiro atoms. The van der Waals surface area contributed by atoms with E-state index in [9.17, 15) is 4.79 Å². The first-order valence-electron chi connectivity index (χ1n) is 7.30. The van der Waals surface area contributed by atoms with E-state index in [1.54, 1.807) is 4.90 Å². The zero-order valence-electron chi connectivity index (χ0n) is 13.4. The van der Waals surface area contributed by atoms with Crippen LogP contribution in [0.5, 0.6) is 0 Å². The first kappa shape index (κ1) is 17.9. The first-order valence-corrected chi connectivity index (χ1v) is 9.08. The number of hydrogen-bond donors (Lipinski definition) is 0. The highest BCUT2D eigenvalue weighted by Gasteiger charge is 2.33. The molecule has 0 N–H and O–H groups in total. The van der Waals surface area contributed by atoms with Crippen LogP contribution in [-0.4, -0.2) is 42.9 Å². The number of carbonyl (C=O) groups excluding carboxylic acids is 1. The van der Waals surface area contributed by atoms with Crippen molar-refractivity contribution in [3.05, 3.63) is 0 Å². The van der Waals surface area contributed by atoms with Crippen molar-refractivity contribution in [2.24, 2.45) is 5.41 Å². The van der Waals surface area contributed by atoms with E-state index in [0.717, 1.165) is 19.3 Å². The van der Waals surface area contributed by atoms with Crippen LogP contribution in [0.15, 0.2) is 0 Å². The molecule has 0 rings (SSSR count). The Bertz CT molecular complexity index is 245. The predicted octanol–water partition coefficient (Wildman–Crippen LogP) is 4.18. The first-order chi connectivity index (χ1) is 8.35. The Balaban J connectivity index is 5.04. The highest BCUT2D eigenvalue weighted by atomic mass is 31.1.